The van der Waals surface area contributed by atoms with E-state index in [2.05, 4.69) is 87.6 Å². The van der Waals surface area contributed by atoms with Crippen molar-refractivity contribution >= 4 is 62.8 Å². The zero-order valence-electron chi connectivity index (χ0n) is 43.5. The largest absolute Gasteiger partial charge is 0.387 e. The van der Waals surface area contributed by atoms with Crippen molar-refractivity contribution in [1.82, 2.24) is 54.9 Å². The highest BCUT2D eigenvalue weighted by molar-refractivity contribution is 6.27. The first-order valence-electron chi connectivity index (χ1n) is 27.1. The fraction of sp³-hybridized carbons (Fsp3) is 0.429. The number of amides is 3. The van der Waals surface area contributed by atoms with Gasteiger partial charge in [0.2, 0.25) is 11.9 Å². The van der Waals surface area contributed by atoms with Crippen molar-refractivity contribution in [2.45, 2.75) is 51.9 Å². The third-order valence-corrected chi connectivity index (χ3v) is 16.0. The summed E-state index contributed by atoms with van der Waals surface area (Å²) in [6, 6.07) is 19.8. The molecule has 1 saturated carbocycles. The second-order valence-electron chi connectivity index (χ2n) is 20.9. The number of carbonyl (C=O) groups is 3. The summed E-state index contributed by atoms with van der Waals surface area (Å²) in [5, 5.41) is 27.1. The van der Waals surface area contributed by atoms with Crippen LogP contribution in [0, 0.1) is 5.92 Å². The lowest BCUT2D eigenvalue weighted by Crippen LogP contribution is -2.49. The van der Waals surface area contributed by atoms with Crippen LogP contribution in [0.25, 0.3) is 44.5 Å². The quantitative estimate of drug-likeness (QED) is 0.0662. The number of nitrogens with zero attached hydrogens (tertiary/aromatic N) is 11. The molecule has 5 aliphatic rings. The average molecular weight is 1050 g/mol. The second-order valence-corrected chi connectivity index (χ2v) is 20.9. The molecule has 8 heterocycles. The normalized spacial score (nSPS) is 19.4. The van der Waals surface area contributed by atoms with Crippen molar-refractivity contribution in [3.63, 3.8) is 0 Å². The molecule has 5 N–H and O–H groups in total. The van der Waals surface area contributed by atoms with Crippen molar-refractivity contribution in [3.05, 3.63) is 102 Å². The number of morpholine rings is 1. The summed E-state index contributed by atoms with van der Waals surface area (Å²) >= 11 is 0. The fourth-order valence-electron chi connectivity index (χ4n) is 11.6. The number of benzene rings is 2. The van der Waals surface area contributed by atoms with E-state index in [9.17, 15) is 19.5 Å². The fourth-order valence-corrected chi connectivity index (χ4v) is 11.6. The molecule has 4 fully saturated rings. The van der Waals surface area contributed by atoms with Gasteiger partial charge in [-0.05, 0) is 55.4 Å². The number of anilines is 4. The summed E-state index contributed by atoms with van der Waals surface area (Å²) < 4.78 is 16.3. The Hall–Kier alpha value is -7.40. The number of aliphatic hydroxyl groups excluding tert-OH is 1. The molecule has 2 aromatic carbocycles. The van der Waals surface area contributed by atoms with Crippen LogP contribution in [-0.4, -0.2) is 171 Å². The molecule has 3 aliphatic heterocycles. The Morgan fingerprint density at radius 3 is 2.42 bits per heavy atom. The van der Waals surface area contributed by atoms with Crippen LogP contribution in [0.15, 0.2) is 85.5 Å². The molecule has 0 radical (unpaired) electrons. The number of urea groups is 1. The molecular formula is C56H66N15O6+. The zero-order chi connectivity index (χ0) is 52.4. The molecule has 12 rings (SSSR count). The van der Waals surface area contributed by atoms with Crippen molar-refractivity contribution in [2.75, 3.05) is 114 Å². The van der Waals surface area contributed by atoms with Crippen molar-refractivity contribution in [3.8, 4) is 22.5 Å². The molecule has 0 unspecified atom stereocenters. The summed E-state index contributed by atoms with van der Waals surface area (Å²) in [6.45, 7) is 13.3. The number of aliphatic hydroxyl groups is 1. The van der Waals surface area contributed by atoms with Crippen LogP contribution < -0.4 is 25.5 Å². The second kappa shape index (κ2) is 22.3. The Kier molecular flexibility index (Phi) is 14.6. The molecule has 77 heavy (non-hydrogen) atoms. The minimum Gasteiger partial charge on any atom is -0.387 e. The first-order chi connectivity index (χ1) is 37.7. The van der Waals surface area contributed by atoms with Crippen LogP contribution in [0.5, 0.6) is 0 Å². The van der Waals surface area contributed by atoms with Gasteiger partial charge in [-0.25, -0.2) is 19.8 Å². The molecule has 21 heteroatoms. The molecule has 0 atom stereocenters. The van der Waals surface area contributed by atoms with Gasteiger partial charge in [0.15, 0.2) is 18.2 Å². The van der Waals surface area contributed by atoms with Crippen LogP contribution in [0.3, 0.4) is 0 Å². The third kappa shape index (κ3) is 10.7. The molecule has 5 aromatic heterocycles. The van der Waals surface area contributed by atoms with Crippen molar-refractivity contribution < 1.29 is 33.5 Å². The number of fused-ring (bicyclic) bond motifs is 6. The van der Waals surface area contributed by atoms with Gasteiger partial charge in [0, 0.05) is 119 Å². The maximum absolute atomic E-state index is 14.0. The molecule has 3 amide bonds. The van der Waals surface area contributed by atoms with E-state index in [0.717, 1.165) is 90.9 Å². The number of ketones is 1. The summed E-state index contributed by atoms with van der Waals surface area (Å²) in [5.41, 5.74) is 11.3. The van der Waals surface area contributed by atoms with Crippen LogP contribution in [0.4, 0.5) is 27.9 Å². The first kappa shape index (κ1) is 50.4. The van der Waals surface area contributed by atoms with E-state index in [1.165, 1.54) is 18.4 Å². The Bertz CT molecular complexity index is 3260. The number of nitrogens with one attached hydrogen (secondary N) is 4. The lowest BCUT2D eigenvalue weighted by Gasteiger charge is -2.35. The number of hydrogen-bond acceptors (Lipinski definition) is 15. The Morgan fingerprint density at radius 2 is 1.65 bits per heavy atom. The Labute approximate surface area is 446 Å². The first-order valence-corrected chi connectivity index (χ1v) is 27.1. The lowest BCUT2D eigenvalue weighted by atomic mass is 9.87. The summed E-state index contributed by atoms with van der Waals surface area (Å²) in [7, 11) is 0. The number of H-pyrrole nitrogens is 1. The number of rotatable bonds is 15. The van der Waals surface area contributed by atoms with Gasteiger partial charge in [-0.1, -0.05) is 43.3 Å². The highest BCUT2D eigenvalue weighted by Gasteiger charge is 2.35. The van der Waals surface area contributed by atoms with E-state index in [1.54, 1.807) is 11.0 Å². The van der Waals surface area contributed by atoms with E-state index in [4.69, 9.17) is 24.4 Å². The van der Waals surface area contributed by atoms with E-state index >= 15 is 0 Å². The molecule has 21 nitrogen and oxygen atoms in total. The van der Waals surface area contributed by atoms with Crippen LogP contribution in [0.1, 0.15) is 60.1 Å². The number of aromatic nitrogens is 7. The smallest absolute Gasteiger partial charge is 0.333 e. The van der Waals surface area contributed by atoms with Crippen LogP contribution in [-0.2, 0) is 27.5 Å². The Balaban J connectivity index is 0.632. The van der Waals surface area contributed by atoms with Crippen LogP contribution >= 0.6 is 0 Å². The van der Waals surface area contributed by atoms with E-state index < -0.39 is 12.6 Å². The average Bonchev–Trinajstić information content (AvgIpc) is 4.32. The topological polar surface area (TPSA) is 218 Å². The molecule has 0 spiro atoms. The third-order valence-electron chi connectivity index (χ3n) is 16.0. The molecule has 3 saturated heterocycles. The van der Waals surface area contributed by atoms with Gasteiger partial charge >= 0.3 is 6.03 Å². The minimum atomic E-state index is -0.459. The van der Waals surface area contributed by atoms with Gasteiger partial charge in [-0.2, -0.15) is 14.6 Å². The summed E-state index contributed by atoms with van der Waals surface area (Å²) in [4.78, 5) is 62.2. The number of ether oxygens (including phenoxy) is 2. The maximum Gasteiger partial charge on any atom is 0.333 e. The van der Waals surface area contributed by atoms with Crippen LogP contribution in [0.2, 0.25) is 0 Å². The van der Waals surface area contributed by atoms with Gasteiger partial charge in [-0.15, -0.1) is 0 Å². The highest BCUT2D eigenvalue weighted by Crippen LogP contribution is 2.43. The predicted molar refractivity (Wildman–Crippen MR) is 290 cm³/mol. The van der Waals surface area contributed by atoms with E-state index in [-0.39, 0.29) is 11.7 Å². The van der Waals surface area contributed by atoms with Gasteiger partial charge in [0.25, 0.3) is 6.73 Å². The summed E-state index contributed by atoms with van der Waals surface area (Å²) in [6.07, 6.45) is 12.6. The van der Waals surface area contributed by atoms with E-state index in [0.29, 0.717) is 118 Å². The van der Waals surface area contributed by atoms with Gasteiger partial charge in [0.05, 0.1) is 54.2 Å². The number of aromatic amines is 1. The maximum atomic E-state index is 14.0. The minimum absolute atomic E-state index is 0.167. The molecule has 7 aromatic rings. The standard InChI is InChI=1S/C56H65N15O6/c1-37-5-11-40(12-6-37)71-46-34-67(16-15-42(46)44-32-58-55(61-54(44)71)60-47-14-13-41(31-57-47)68-21-23-69(24-22-68)48(73)35-72)36-77-28-25-65-17-19-66(20-18-65)33-38-7-9-39(10-8-38)51-50-52(63-62-51)43-3-2-4-45(49(43)53(50)74)59-56(75)64-70-26-29-76-30-27-70/h2-4,7-10,13-16,31-32,34,37,40,72H,5-6,11-12,17-30,33,35-36H2,1H3,(H3,59,62,63,64,74,75)/p+1. The van der Waals surface area contributed by atoms with Crippen molar-refractivity contribution in [1.29, 1.82) is 0 Å². The highest BCUT2D eigenvalue weighted by atomic mass is 16.5. The van der Waals surface area contributed by atoms with Crippen molar-refractivity contribution in [2.24, 2.45) is 5.92 Å². The molecule has 2 aliphatic carbocycles. The van der Waals surface area contributed by atoms with E-state index in [1.807, 2.05) is 53.8 Å². The number of pyridine rings is 2. The number of hydrazine groups is 1. The zero-order valence-corrected chi connectivity index (χ0v) is 43.5. The monoisotopic (exact) mass is 1040 g/mol. The predicted octanol–water partition coefficient (Wildman–Crippen LogP) is 5.16. The van der Waals surface area contributed by atoms with Gasteiger partial charge in [0.1, 0.15) is 29.3 Å². The molecular weight excluding hydrogens is 979 g/mol. The summed E-state index contributed by atoms with van der Waals surface area (Å²) in [5.74, 6) is 1.45. The number of piperazine rings is 2. The molecule has 400 valence electrons. The molecule has 0 bridgehead atoms. The van der Waals surface area contributed by atoms with Gasteiger partial charge < -0.3 is 39.6 Å². The van der Waals surface area contributed by atoms with Gasteiger partial charge in [-0.3, -0.25) is 29.9 Å². The Morgan fingerprint density at radius 1 is 0.857 bits per heavy atom. The number of hydrogen-bond donors (Lipinski definition) is 5. The SMILES string of the molecule is CC1CCC(n2c3c[n+](COCCN4CCN(Cc5ccc(-c6n[nH]c7c6C(=O)c6c(NC(=O)NN8CCOCC8)cccc6-7)cc5)CC4)ccc3c3cnc(Nc4ccc(N5CCN(C(=O)CO)CC5)cn4)nc32)CC1. The number of carbonyl (C=O) groups excluding carboxylic acids is 3. The lowest BCUT2D eigenvalue weighted by molar-refractivity contribution is -0.731.